The van der Waals surface area contributed by atoms with Crippen molar-refractivity contribution in [1.29, 1.82) is 0 Å². The normalized spacial score (nSPS) is 10.8. The van der Waals surface area contributed by atoms with E-state index in [2.05, 4.69) is 13.8 Å². The Hall–Kier alpha value is -1.83. The lowest BCUT2D eigenvalue weighted by molar-refractivity contribution is 0.441. The number of rotatable bonds is 6. The van der Waals surface area contributed by atoms with Crippen LogP contribution in [0.1, 0.15) is 32.3 Å². The van der Waals surface area contributed by atoms with Gasteiger partial charge in [0.25, 0.3) is 0 Å². The number of halogens is 1. The van der Waals surface area contributed by atoms with Crippen LogP contribution < -0.4 is 4.74 Å². The molecule has 0 radical (unpaired) electrons. The lowest BCUT2D eigenvalue weighted by Crippen LogP contribution is -1.94. The Balaban J connectivity index is 2.05. The summed E-state index contributed by atoms with van der Waals surface area (Å²) in [5, 5.41) is 0. The standard InChI is InChI=1S/C18H21FO/c1-14(2)7-6-8-15-11-12-17(19)18(13-15)20-16-9-4-3-5-10-16/h3-5,9-14H,6-8H2,1-2H3. The summed E-state index contributed by atoms with van der Waals surface area (Å²) in [6, 6.07) is 14.4. The van der Waals surface area contributed by atoms with Crippen molar-refractivity contribution in [1.82, 2.24) is 0 Å². The molecule has 1 nitrogen and oxygen atoms in total. The van der Waals surface area contributed by atoms with Crippen molar-refractivity contribution < 1.29 is 9.13 Å². The van der Waals surface area contributed by atoms with Crippen LogP contribution in [0.4, 0.5) is 4.39 Å². The minimum atomic E-state index is -0.318. The average Bonchev–Trinajstić information content (AvgIpc) is 2.43. The Labute approximate surface area is 120 Å². The molecule has 0 amide bonds. The zero-order valence-corrected chi connectivity index (χ0v) is 12.1. The fourth-order valence-electron chi connectivity index (χ4n) is 2.11. The van der Waals surface area contributed by atoms with Gasteiger partial charge < -0.3 is 4.74 Å². The number of benzene rings is 2. The van der Waals surface area contributed by atoms with Gasteiger partial charge in [0, 0.05) is 0 Å². The van der Waals surface area contributed by atoms with Crippen LogP contribution in [0.3, 0.4) is 0 Å². The summed E-state index contributed by atoms with van der Waals surface area (Å²) < 4.78 is 19.4. The summed E-state index contributed by atoms with van der Waals surface area (Å²) >= 11 is 0. The summed E-state index contributed by atoms with van der Waals surface area (Å²) in [5.41, 5.74) is 1.12. The molecule has 0 N–H and O–H groups in total. The number of hydrogen-bond acceptors (Lipinski definition) is 1. The third kappa shape index (κ3) is 4.37. The first kappa shape index (κ1) is 14.6. The van der Waals surface area contributed by atoms with Crippen LogP contribution in [0.5, 0.6) is 11.5 Å². The molecule has 0 aliphatic rings. The Morgan fingerprint density at radius 3 is 2.50 bits per heavy atom. The molecule has 2 aromatic carbocycles. The molecule has 0 saturated carbocycles. The molecule has 0 aromatic heterocycles. The molecular formula is C18H21FO. The van der Waals surface area contributed by atoms with E-state index in [4.69, 9.17) is 4.74 Å². The molecule has 0 unspecified atom stereocenters. The van der Waals surface area contributed by atoms with Crippen molar-refractivity contribution in [2.75, 3.05) is 0 Å². The maximum atomic E-state index is 13.8. The van der Waals surface area contributed by atoms with Crippen LogP contribution >= 0.6 is 0 Å². The van der Waals surface area contributed by atoms with Gasteiger partial charge in [0.2, 0.25) is 0 Å². The maximum Gasteiger partial charge on any atom is 0.165 e. The van der Waals surface area contributed by atoms with Gasteiger partial charge in [0.1, 0.15) is 5.75 Å². The van der Waals surface area contributed by atoms with Gasteiger partial charge in [-0.1, -0.05) is 44.5 Å². The number of hydrogen-bond donors (Lipinski definition) is 0. The molecule has 106 valence electrons. The first-order chi connectivity index (χ1) is 9.65. The summed E-state index contributed by atoms with van der Waals surface area (Å²) in [6.45, 7) is 4.43. The molecule has 20 heavy (non-hydrogen) atoms. The lowest BCUT2D eigenvalue weighted by Gasteiger charge is -2.09. The highest BCUT2D eigenvalue weighted by atomic mass is 19.1. The smallest absolute Gasteiger partial charge is 0.165 e. The van der Waals surface area contributed by atoms with Crippen molar-refractivity contribution in [3.05, 3.63) is 59.9 Å². The SMILES string of the molecule is CC(C)CCCc1ccc(F)c(Oc2ccccc2)c1. The Kier molecular flexibility index (Phi) is 5.16. The van der Waals surface area contributed by atoms with Crippen molar-refractivity contribution in [2.24, 2.45) is 5.92 Å². The Bertz CT molecular complexity index is 534. The molecule has 2 rings (SSSR count). The highest BCUT2D eigenvalue weighted by Gasteiger charge is 2.06. The molecule has 0 heterocycles. The van der Waals surface area contributed by atoms with E-state index in [1.807, 2.05) is 42.5 Å². The lowest BCUT2D eigenvalue weighted by atomic mass is 10.0. The zero-order chi connectivity index (χ0) is 14.4. The molecule has 0 aliphatic carbocycles. The van der Waals surface area contributed by atoms with E-state index in [1.165, 1.54) is 12.5 Å². The predicted octanol–water partition coefficient (Wildman–Crippen LogP) is 5.60. The van der Waals surface area contributed by atoms with Crippen LogP contribution in [0.25, 0.3) is 0 Å². The van der Waals surface area contributed by atoms with Crippen LogP contribution in [0.2, 0.25) is 0 Å². The van der Waals surface area contributed by atoms with Gasteiger partial charge in [-0.3, -0.25) is 0 Å². The molecule has 0 fully saturated rings. The van der Waals surface area contributed by atoms with E-state index in [-0.39, 0.29) is 5.82 Å². The summed E-state index contributed by atoms with van der Waals surface area (Å²) in [5.74, 6) is 1.35. The molecule has 0 saturated heterocycles. The summed E-state index contributed by atoms with van der Waals surface area (Å²) in [4.78, 5) is 0. The summed E-state index contributed by atoms with van der Waals surface area (Å²) in [7, 11) is 0. The molecule has 0 aliphatic heterocycles. The number of para-hydroxylation sites is 1. The zero-order valence-electron chi connectivity index (χ0n) is 12.1. The van der Waals surface area contributed by atoms with Crippen molar-refractivity contribution in [2.45, 2.75) is 33.1 Å². The second-order valence-corrected chi connectivity index (χ2v) is 5.47. The Morgan fingerprint density at radius 2 is 1.80 bits per heavy atom. The quantitative estimate of drug-likeness (QED) is 0.665. The fraction of sp³-hybridized carbons (Fsp3) is 0.333. The van der Waals surface area contributed by atoms with E-state index in [1.54, 1.807) is 0 Å². The molecular weight excluding hydrogens is 251 g/mol. The monoisotopic (exact) mass is 272 g/mol. The third-order valence-electron chi connectivity index (χ3n) is 3.21. The van der Waals surface area contributed by atoms with E-state index >= 15 is 0 Å². The van der Waals surface area contributed by atoms with E-state index in [9.17, 15) is 4.39 Å². The largest absolute Gasteiger partial charge is 0.454 e. The van der Waals surface area contributed by atoms with Gasteiger partial charge >= 0.3 is 0 Å². The molecule has 2 aromatic rings. The average molecular weight is 272 g/mol. The van der Waals surface area contributed by atoms with E-state index < -0.39 is 0 Å². The van der Waals surface area contributed by atoms with Gasteiger partial charge in [-0.15, -0.1) is 0 Å². The first-order valence-electron chi connectivity index (χ1n) is 7.16. The molecule has 0 bridgehead atoms. The highest BCUT2D eigenvalue weighted by molar-refractivity contribution is 5.35. The first-order valence-corrected chi connectivity index (χ1v) is 7.16. The van der Waals surface area contributed by atoms with Crippen molar-refractivity contribution >= 4 is 0 Å². The molecule has 0 spiro atoms. The van der Waals surface area contributed by atoms with Gasteiger partial charge in [0.15, 0.2) is 11.6 Å². The van der Waals surface area contributed by atoms with Crippen LogP contribution in [-0.4, -0.2) is 0 Å². The highest BCUT2D eigenvalue weighted by Crippen LogP contribution is 2.26. The predicted molar refractivity (Wildman–Crippen MR) is 80.7 cm³/mol. The van der Waals surface area contributed by atoms with Crippen LogP contribution in [-0.2, 0) is 6.42 Å². The second kappa shape index (κ2) is 7.09. The number of ether oxygens (including phenoxy) is 1. The Morgan fingerprint density at radius 1 is 1.05 bits per heavy atom. The third-order valence-corrected chi connectivity index (χ3v) is 3.21. The topological polar surface area (TPSA) is 9.23 Å². The van der Waals surface area contributed by atoms with E-state index in [0.29, 0.717) is 17.4 Å². The fourth-order valence-corrected chi connectivity index (χ4v) is 2.11. The van der Waals surface area contributed by atoms with Crippen molar-refractivity contribution in [3.8, 4) is 11.5 Å². The van der Waals surface area contributed by atoms with Gasteiger partial charge in [-0.2, -0.15) is 0 Å². The van der Waals surface area contributed by atoms with Gasteiger partial charge in [-0.05, 0) is 48.6 Å². The minimum absolute atomic E-state index is 0.304. The molecule has 2 heteroatoms. The van der Waals surface area contributed by atoms with Gasteiger partial charge in [-0.25, -0.2) is 4.39 Å². The van der Waals surface area contributed by atoms with Crippen LogP contribution in [0.15, 0.2) is 48.5 Å². The minimum Gasteiger partial charge on any atom is -0.454 e. The van der Waals surface area contributed by atoms with Crippen LogP contribution in [0, 0.1) is 11.7 Å². The maximum absolute atomic E-state index is 13.8. The van der Waals surface area contributed by atoms with Gasteiger partial charge in [0.05, 0.1) is 0 Å². The van der Waals surface area contributed by atoms with E-state index in [0.717, 1.165) is 18.4 Å². The van der Waals surface area contributed by atoms with Crippen molar-refractivity contribution in [3.63, 3.8) is 0 Å². The number of aryl methyl sites for hydroxylation is 1. The second-order valence-electron chi connectivity index (χ2n) is 5.47. The summed E-state index contributed by atoms with van der Waals surface area (Å²) in [6.07, 6.45) is 3.27. The molecule has 0 atom stereocenters.